The Kier molecular flexibility index (Phi) is 6.84. The molecule has 0 saturated carbocycles. The summed E-state index contributed by atoms with van der Waals surface area (Å²) in [6, 6.07) is 16.7. The number of carbonyl (C=O) groups excluding carboxylic acids is 1. The van der Waals surface area contributed by atoms with Gasteiger partial charge in [0, 0.05) is 53.2 Å². The van der Waals surface area contributed by atoms with E-state index in [4.69, 9.17) is 28.2 Å². The van der Waals surface area contributed by atoms with Crippen molar-refractivity contribution in [2.75, 3.05) is 30.3 Å². The van der Waals surface area contributed by atoms with Crippen LogP contribution in [0.15, 0.2) is 60.8 Å². The smallest absolute Gasteiger partial charge is 0.321 e. The first-order valence-electron chi connectivity index (χ1n) is 11.6. The van der Waals surface area contributed by atoms with Crippen molar-refractivity contribution in [2.45, 2.75) is 12.8 Å². The van der Waals surface area contributed by atoms with E-state index >= 15 is 0 Å². The molecule has 1 saturated heterocycles. The van der Waals surface area contributed by atoms with Crippen LogP contribution < -0.4 is 16.1 Å². The highest BCUT2D eigenvalue weighted by molar-refractivity contribution is 6.36. The van der Waals surface area contributed by atoms with Gasteiger partial charge in [0.15, 0.2) is 5.65 Å². The van der Waals surface area contributed by atoms with Gasteiger partial charge in [-0.05, 0) is 54.6 Å². The van der Waals surface area contributed by atoms with Crippen molar-refractivity contribution in [3.8, 4) is 11.3 Å². The molecule has 0 aliphatic carbocycles. The van der Waals surface area contributed by atoms with Crippen molar-refractivity contribution in [3.05, 3.63) is 70.8 Å². The molecule has 10 heteroatoms. The van der Waals surface area contributed by atoms with Gasteiger partial charge in [-0.15, -0.1) is 0 Å². The van der Waals surface area contributed by atoms with Crippen LogP contribution in [0.4, 0.5) is 16.3 Å². The monoisotopic (exact) mass is 506 g/mol. The van der Waals surface area contributed by atoms with Crippen LogP contribution in [0.5, 0.6) is 0 Å². The van der Waals surface area contributed by atoms with Crippen molar-refractivity contribution in [1.29, 1.82) is 0 Å². The Balaban J connectivity index is 1.30. The number of hydrogen-bond acceptors (Lipinski definition) is 4. The first-order valence-corrected chi connectivity index (χ1v) is 12.4. The van der Waals surface area contributed by atoms with Gasteiger partial charge >= 0.3 is 6.03 Å². The SMILES string of the molecule is Bc1cnn2c(NCC3CCCN(C(=O)Nc4ccc(Cl)cc4)C3)cc(-c3ccccc3Cl)nc12. The number of halogens is 2. The number of anilines is 2. The van der Waals surface area contributed by atoms with E-state index in [2.05, 4.69) is 15.7 Å². The molecule has 5 rings (SSSR count). The standard InChI is InChI=1S/C25H25BCl2N6O/c26-20-14-30-34-23(12-22(32-24(20)34)19-5-1-2-6-21(19)28)29-13-16-4-3-11-33(15-16)25(35)31-18-9-7-17(27)8-10-18/h1-2,5-10,12,14,16,29H,3-4,11,13,15,26H2,(H,31,35). The number of nitrogens with zero attached hydrogens (tertiary/aromatic N) is 4. The molecule has 1 fully saturated rings. The van der Waals surface area contributed by atoms with Crippen molar-refractivity contribution in [1.82, 2.24) is 19.5 Å². The zero-order valence-electron chi connectivity index (χ0n) is 19.3. The van der Waals surface area contributed by atoms with Crippen molar-refractivity contribution < 1.29 is 4.79 Å². The molecule has 1 aliphatic heterocycles. The Morgan fingerprint density at radius 1 is 1.14 bits per heavy atom. The van der Waals surface area contributed by atoms with E-state index in [0.29, 0.717) is 29.1 Å². The fourth-order valence-electron chi connectivity index (χ4n) is 4.41. The van der Waals surface area contributed by atoms with E-state index in [1.807, 2.05) is 53.8 Å². The van der Waals surface area contributed by atoms with Crippen LogP contribution in [-0.4, -0.2) is 53.0 Å². The van der Waals surface area contributed by atoms with Crippen LogP contribution in [-0.2, 0) is 0 Å². The quantitative estimate of drug-likeness (QED) is 0.395. The van der Waals surface area contributed by atoms with Gasteiger partial charge < -0.3 is 15.5 Å². The highest BCUT2D eigenvalue weighted by Gasteiger charge is 2.24. The predicted octanol–water partition coefficient (Wildman–Crippen LogP) is 4.32. The van der Waals surface area contributed by atoms with Crippen LogP contribution in [0, 0.1) is 5.92 Å². The lowest BCUT2D eigenvalue weighted by molar-refractivity contribution is 0.180. The third-order valence-electron chi connectivity index (χ3n) is 6.27. The summed E-state index contributed by atoms with van der Waals surface area (Å²) in [7, 11) is 1.99. The lowest BCUT2D eigenvalue weighted by Crippen LogP contribution is -2.44. The molecular weight excluding hydrogens is 482 g/mol. The Morgan fingerprint density at radius 3 is 2.74 bits per heavy atom. The molecule has 7 nitrogen and oxygen atoms in total. The maximum Gasteiger partial charge on any atom is 0.321 e. The van der Waals surface area contributed by atoms with E-state index in [1.165, 1.54) is 0 Å². The summed E-state index contributed by atoms with van der Waals surface area (Å²) < 4.78 is 1.82. The van der Waals surface area contributed by atoms with Crippen molar-refractivity contribution in [2.24, 2.45) is 5.92 Å². The summed E-state index contributed by atoms with van der Waals surface area (Å²) in [6.07, 6.45) is 3.81. The van der Waals surface area contributed by atoms with Gasteiger partial charge in [0.25, 0.3) is 0 Å². The molecule has 4 aromatic rings. The molecule has 1 unspecified atom stereocenters. The Labute approximate surface area is 214 Å². The second kappa shape index (κ2) is 10.2. The van der Waals surface area contributed by atoms with Gasteiger partial charge in [-0.1, -0.05) is 41.4 Å². The average molecular weight is 507 g/mol. The molecule has 3 heterocycles. The van der Waals surface area contributed by atoms with Gasteiger partial charge in [0.05, 0.1) is 5.69 Å². The van der Waals surface area contributed by atoms with E-state index in [0.717, 1.165) is 53.3 Å². The minimum absolute atomic E-state index is 0.0907. The summed E-state index contributed by atoms with van der Waals surface area (Å²) in [4.78, 5) is 19.5. The first kappa shape index (κ1) is 23.5. The number of fused-ring (bicyclic) bond motifs is 1. The number of nitrogens with one attached hydrogen (secondary N) is 2. The Hall–Kier alpha value is -3.23. The Bertz CT molecular complexity index is 1360. The minimum Gasteiger partial charge on any atom is -0.370 e. The number of rotatable bonds is 5. The zero-order chi connectivity index (χ0) is 24.4. The number of likely N-dealkylation sites (tertiary alicyclic amines) is 1. The molecule has 0 bridgehead atoms. The molecule has 2 aromatic carbocycles. The summed E-state index contributed by atoms with van der Waals surface area (Å²) in [6.45, 7) is 2.13. The second-order valence-corrected chi connectivity index (χ2v) is 9.69. The van der Waals surface area contributed by atoms with Gasteiger partial charge in [-0.3, -0.25) is 0 Å². The topological polar surface area (TPSA) is 74.6 Å². The largest absolute Gasteiger partial charge is 0.370 e. The molecule has 0 spiro atoms. The number of benzene rings is 2. The highest BCUT2D eigenvalue weighted by Crippen LogP contribution is 2.28. The molecule has 178 valence electrons. The number of piperidine rings is 1. The van der Waals surface area contributed by atoms with Crippen LogP contribution in [0.25, 0.3) is 16.9 Å². The maximum atomic E-state index is 12.8. The summed E-state index contributed by atoms with van der Waals surface area (Å²) in [5.74, 6) is 1.16. The molecule has 35 heavy (non-hydrogen) atoms. The van der Waals surface area contributed by atoms with E-state index in [1.54, 1.807) is 24.3 Å². The molecule has 1 atom stereocenters. The zero-order valence-corrected chi connectivity index (χ0v) is 20.9. The van der Waals surface area contributed by atoms with Crippen LogP contribution >= 0.6 is 23.2 Å². The third kappa shape index (κ3) is 5.23. The fourth-order valence-corrected chi connectivity index (χ4v) is 4.76. The Morgan fingerprint density at radius 2 is 1.94 bits per heavy atom. The highest BCUT2D eigenvalue weighted by atomic mass is 35.5. The van der Waals surface area contributed by atoms with E-state index in [9.17, 15) is 4.79 Å². The average Bonchev–Trinajstić information content (AvgIpc) is 3.25. The summed E-state index contributed by atoms with van der Waals surface area (Å²) in [5.41, 5.74) is 4.19. The van der Waals surface area contributed by atoms with E-state index < -0.39 is 0 Å². The lowest BCUT2D eigenvalue weighted by atomic mass is 9.98. The maximum absolute atomic E-state index is 12.8. The molecule has 0 radical (unpaired) electrons. The van der Waals surface area contributed by atoms with Crippen molar-refractivity contribution in [3.63, 3.8) is 0 Å². The van der Waals surface area contributed by atoms with Crippen molar-refractivity contribution >= 4 is 59.7 Å². The number of hydrogen-bond donors (Lipinski definition) is 2. The van der Waals surface area contributed by atoms with Crippen LogP contribution in [0.1, 0.15) is 12.8 Å². The van der Waals surface area contributed by atoms with Crippen LogP contribution in [0.3, 0.4) is 0 Å². The normalized spacial score (nSPS) is 15.8. The molecule has 1 aliphatic rings. The molecule has 2 aromatic heterocycles. The lowest BCUT2D eigenvalue weighted by Gasteiger charge is -2.33. The second-order valence-electron chi connectivity index (χ2n) is 8.84. The molecule has 2 N–H and O–H groups in total. The molecule has 2 amide bonds. The number of amides is 2. The fraction of sp³-hybridized carbons (Fsp3) is 0.240. The van der Waals surface area contributed by atoms with Gasteiger partial charge in [-0.2, -0.15) is 9.61 Å². The van der Waals surface area contributed by atoms with E-state index in [-0.39, 0.29) is 6.03 Å². The predicted molar refractivity (Wildman–Crippen MR) is 145 cm³/mol. The number of urea groups is 1. The number of carbonyl (C=O) groups is 1. The van der Waals surface area contributed by atoms with Gasteiger partial charge in [-0.25, -0.2) is 9.78 Å². The third-order valence-corrected chi connectivity index (χ3v) is 6.85. The van der Waals surface area contributed by atoms with Gasteiger partial charge in [0.1, 0.15) is 13.7 Å². The summed E-state index contributed by atoms with van der Waals surface area (Å²) >= 11 is 12.4. The first-order chi connectivity index (χ1) is 17.0. The number of aromatic nitrogens is 3. The summed E-state index contributed by atoms with van der Waals surface area (Å²) in [5, 5.41) is 12.3. The molecular formula is C25H25BCl2N6O. The minimum atomic E-state index is -0.0907. The van der Waals surface area contributed by atoms with Crippen LogP contribution in [0.2, 0.25) is 10.0 Å². The van der Waals surface area contributed by atoms with Gasteiger partial charge in [0.2, 0.25) is 0 Å².